The van der Waals surface area contributed by atoms with E-state index in [0.29, 0.717) is 11.8 Å². The van der Waals surface area contributed by atoms with Gasteiger partial charge in [-0.15, -0.1) is 0 Å². The third-order valence-corrected chi connectivity index (χ3v) is 5.68. The maximum absolute atomic E-state index is 5.81. The fourth-order valence-electron chi connectivity index (χ4n) is 4.09. The van der Waals surface area contributed by atoms with Crippen LogP contribution in [-0.2, 0) is 13.0 Å². The molecule has 0 unspecified atom stereocenters. The molecule has 0 saturated carbocycles. The predicted molar refractivity (Wildman–Crippen MR) is 122 cm³/mol. The van der Waals surface area contributed by atoms with Crippen LogP contribution < -0.4 is 10.1 Å². The molecule has 4 rings (SSSR count). The Morgan fingerprint density at radius 3 is 2.43 bits per heavy atom. The normalized spacial score (nSPS) is 14.9. The van der Waals surface area contributed by atoms with E-state index in [4.69, 9.17) is 9.84 Å². The molecule has 1 fully saturated rings. The molecule has 1 aliphatic rings. The van der Waals surface area contributed by atoms with Crippen molar-refractivity contribution in [3.05, 3.63) is 83.2 Å². The van der Waals surface area contributed by atoms with Crippen LogP contribution in [0.5, 0.6) is 5.75 Å². The van der Waals surface area contributed by atoms with Crippen LogP contribution in [0.25, 0.3) is 0 Å². The lowest BCUT2D eigenvalue weighted by molar-refractivity contribution is 0.271. The number of hydrogen-bond donors (Lipinski definition) is 1. The SMILES string of the molecule is CC(C)COc1ccc(Cn2cc(Cc3ccccc3)c(C3CCNCC3)n2)cc1. The molecule has 4 heteroatoms. The minimum Gasteiger partial charge on any atom is -0.493 e. The number of nitrogens with zero attached hydrogens (tertiary/aromatic N) is 2. The quantitative estimate of drug-likeness (QED) is 0.574. The van der Waals surface area contributed by atoms with Crippen LogP contribution in [0.1, 0.15) is 55.0 Å². The number of aromatic nitrogens is 2. The van der Waals surface area contributed by atoms with Crippen LogP contribution in [0.2, 0.25) is 0 Å². The molecular formula is C26H33N3O. The van der Waals surface area contributed by atoms with Crippen molar-refractivity contribution in [2.45, 2.75) is 45.6 Å². The third kappa shape index (κ3) is 5.51. The predicted octanol–water partition coefficient (Wildman–Crippen LogP) is 5.02. The minimum absolute atomic E-state index is 0.533. The van der Waals surface area contributed by atoms with Crippen molar-refractivity contribution >= 4 is 0 Å². The Hall–Kier alpha value is -2.59. The molecule has 0 atom stereocenters. The Balaban J connectivity index is 1.51. The maximum Gasteiger partial charge on any atom is 0.119 e. The Morgan fingerprint density at radius 1 is 1.00 bits per heavy atom. The monoisotopic (exact) mass is 403 g/mol. The second-order valence-electron chi connectivity index (χ2n) is 8.77. The number of rotatable bonds is 8. The Labute approximate surface area is 180 Å². The van der Waals surface area contributed by atoms with Gasteiger partial charge in [-0.05, 0) is 60.7 Å². The second-order valence-corrected chi connectivity index (χ2v) is 8.77. The summed E-state index contributed by atoms with van der Waals surface area (Å²) in [5.74, 6) is 2.02. The number of ether oxygens (including phenoxy) is 1. The largest absolute Gasteiger partial charge is 0.493 e. The summed E-state index contributed by atoms with van der Waals surface area (Å²) in [5.41, 5.74) is 5.25. The van der Waals surface area contributed by atoms with E-state index in [1.54, 1.807) is 0 Å². The second kappa shape index (κ2) is 9.94. The van der Waals surface area contributed by atoms with E-state index in [2.05, 4.69) is 84.6 Å². The third-order valence-electron chi connectivity index (χ3n) is 5.68. The van der Waals surface area contributed by atoms with Gasteiger partial charge in [0.05, 0.1) is 18.8 Å². The summed E-state index contributed by atoms with van der Waals surface area (Å²) in [6.45, 7) is 8.04. The van der Waals surface area contributed by atoms with E-state index < -0.39 is 0 Å². The molecule has 1 saturated heterocycles. The summed E-state index contributed by atoms with van der Waals surface area (Å²) in [5, 5.41) is 8.54. The molecule has 0 aliphatic carbocycles. The number of nitrogens with one attached hydrogen (secondary N) is 1. The highest BCUT2D eigenvalue weighted by Crippen LogP contribution is 2.28. The van der Waals surface area contributed by atoms with Gasteiger partial charge in [-0.2, -0.15) is 5.10 Å². The Bertz CT molecular complexity index is 909. The Morgan fingerprint density at radius 2 is 1.73 bits per heavy atom. The zero-order valence-corrected chi connectivity index (χ0v) is 18.2. The lowest BCUT2D eigenvalue weighted by Crippen LogP contribution is -2.27. The Kier molecular flexibility index (Phi) is 6.85. The summed E-state index contributed by atoms with van der Waals surface area (Å²) in [4.78, 5) is 0. The van der Waals surface area contributed by atoms with Crippen molar-refractivity contribution in [3.63, 3.8) is 0 Å². The molecule has 2 heterocycles. The van der Waals surface area contributed by atoms with Crippen LogP contribution in [0.15, 0.2) is 60.8 Å². The van der Waals surface area contributed by atoms with E-state index in [1.807, 2.05) is 0 Å². The van der Waals surface area contributed by atoms with Gasteiger partial charge in [0.15, 0.2) is 0 Å². The summed E-state index contributed by atoms with van der Waals surface area (Å²) in [6, 6.07) is 19.2. The van der Waals surface area contributed by atoms with Crippen molar-refractivity contribution in [1.29, 1.82) is 0 Å². The molecule has 1 aromatic heterocycles. The molecule has 0 bridgehead atoms. The number of hydrogen-bond acceptors (Lipinski definition) is 3. The average Bonchev–Trinajstić information content (AvgIpc) is 3.16. The van der Waals surface area contributed by atoms with E-state index in [-0.39, 0.29) is 0 Å². The van der Waals surface area contributed by atoms with E-state index >= 15 is 0 Å². The van der Waals surface area contributed by atoms with Crippen LogP contribution in [0.4, 0.5) is 0 Å². The summed E-state index contributed by atoms with van der Waals surface area (Å²) >= 11 is 0. The van der Waals surface area contributed by atoms with Gasteiger partial charge in [-0.25, -0.2) is 0 Å². The van der Waals surface area contributed by atoms with Crippen molar-refractivity contribution in [2.75, 3.05) is 19.7 Å². The van der Waals surface area contributed by atoms with Gasteiger partial charge in [0, 0.05) is 18.5 Å². The van der Waals surface area contributed by atoms with Crippen LogP contribution in [0, 0.1) is 5.92 Å². The number of benzene rings is 2. The molecular weight excluding hydrogens is 370 g/mol. The smallest absolute Gasteiger partial charge is 0.119 e. The summed E-state index contributed by atoms with van der Waals surface area (Å²) in [6.07, 6.45) is 5.54. The molecule has 4 nitrogen and oxygen atoms in total. The first-order valence-electron chi connectivity index (χ1n) is 11.2. The van der Waals surface area contributed by atoms with Crippen LogP contribution >= 0.6 is 0 Å². The van der Waals surface area contributed by atoms with Gasteiger partial charge in [-0.1, -0.05) is 56.3 Å². The molecule has 30 heavy (non-hydrogen) atoms. The molecule has 0 radical (unpaired) electrons. The fourth-order valence-corrected chi connectivity index (χ4v) is 4.09. The first kappa shape index (κ1) is 20.7. The van der Waals surface area contributed by atoms with Crippen molar-refractivity contribution in [2.24, 2.45) is 5.92 Å². The standard InChI is InChI=1S/C26H33N3O/c1-20(2)19-30-25-10-8-22(9-11-25)17-29-18-24(16-21-6-4-3-5-7-21)26(28-29)23-12-14-27-15-13-23/h3-11,18,20,23,27H,12-17,19H2,1-2H3. The molecule has 1 N–H and O–H groups in total. The summed E-state index contributed by atoms with van der Waals surface area (Å²) < 4.78 is 7.94. The van der Waals surface area contributed by atoms with Gasteiger partial charge >= 0.3 is 0 Å². The molecule has 3 aromatic rings. The molecule has 1 aliphatic heterocycles. The first-order valence-corrected chi connectivity index (χ1v) is 11.2. The molecule has 158 valence electrons. The average molecular weight is 404 g/mol. The van der Waals surface area contributed by atoms with E-state index in [9.17, 15) is 0 Å². The molecule has 0 spiro atoms. The lowest BCUT2D eigenvalue weighted by atomic mass is 9.90. The van der Waals surface area contributed by atoms with E-state index in [1.165, 1.54) is 35.2 Å². The highest BCUT2D eigenvalue weighted by Gasteiger charge is 2.22. The van der Waals surface area contributed by atoms with Crippen molar-refractivity contribution in [1.82, 2.24) is 15.1 Å². The van der Waals surface area contributed by atoms with Gasteiger partial charge in [0.2, 0.25) is 0 Å². The van der Waals surface area contributed by atoms with Gasteiger partial charge in [-0.3, -0.25) is 4.68 Å². The van der Waals surface area contributed by atoms with Crippen molar-refractivity contribution < 1.29 is 4.74 Å². The van der Waals surface area contributed by atoms with Gasteiger partial charge in [0.25, 0.3) is 0 Å². The summed E-state index contributed by atoms with van der Waals surface area (Å²) in [7, 11) is 0. The van der Waals surface area contributed by atoms with Crippen LogP contribution in [0.3, 0.4) is 0 Å². The minimum atomic E-state index is 0.533. The van der Waals surface area contributed by atoms with Gasteiger partial charge < -0.3 is 10.1 Å². The van der Waals surface area contributed by atoms with Crippen molar-refractivity contribution in [3.8, 4) is 5.75 Å². The highest BCUT2D eigenvalue weighted by molar-refractivity contribution is 5.31. The molecule has 0 amide bonds. The molecule has 2 aromatic carbocycles. The maximum atomic E-state index is 5.81. The van der Waals surface area contributed by atoms with E-state index in [0.717, 1.165) is 38.4 Å². The topological polar surface area (TPSA) is 39.1 Å². The zero-order chi connectivity index (χ0) is 20.8. The fraction of sp³-hybridized carbons (Fsp3) is 0.423. The van der Waals surface area contributed by atoms with Gasteiger partial charge in [0.1, 0.15) is 5.75 Å². The first-order chi connectivity index (χ1) is 14.7. The number of piperidine rings is 1. The van der Waals surface area contributed by atoms with Crippen LogP contribution in [-0.4, -0.2) is 29.5 Å². The lowest BCUT2D eigenvalue weighted by Gasteiger charge is -2.22. The highest BCUT2D eigenvalue weighted by atomic mass is 16.5. The zero-order valence-electron chi connectivity index (χ0n) is 18.2.